The number of nitrogens with two attached hydrogens (primary N) is 5. The summed E-state index contributed by atoms with van der Waals surface area (Å²) in [6, 6.07) is -10.9. The number of unbranched alkanes of at least 4 members (excludes halogenated alkanes) is 1. The van der Waals surface area contributed by atoms with Crippen LogP contribution in [0.4, 0.5) is 0 Å². The van der Waals surface area contributed by atoms with Crippen LogP contribution in [0.5, 0.6) is 0 Å². The number of carbonyl (C=O) groups excluding carboxylic acids is 14. The van der Waals surface area contributed by atoms with E-state index in [1.165, 1.54) is 25.7 Å². The molecule has 0 bridgehead atoms. The van der Waals surface area contributed by atoms with Gasteiger partial charge in [0.15, 0.2) is 5.96 Å². The number of benzene rings is 1. The molecule has 1 aromatic heterocycles. The first kappa shape index (κ1) is 91.4. The molecule has 38 nitrogen and oxygen atoms in total. The second-order valence-corrected chi connectivity index (χ2v) is 27.7. The predicted molar refractivity (Wildman–Crippen MR) is 398 cm³/mol. The molecule has 0 saturated carbocycles. The van der Waals surface area contributed by atoms with Crippen LogP contribution in [0, 0.1) is 11.8 Å². The molecule has 25 N–H and O–H groups in total. The second kappa shape index (κ2) is 46.3. The topological polar surface area (TPSA) is 619 Å². The summed E-state index contributed by atoms with van der Waals surface area (Å²) in [4.78, 5) is 224. The number of H-pyrrole nitrogens is 1. The molecule has 40 heteroatoms. The third-order valence-electron chi connectivity index (χ3n) is 17.0. The van der Waals surface area contributed by atoms with Crippen molar-refractivity contribution in [3.8, 4) is 0 Å². The van der Waals surface area contributed by atoms with E-state index in [1.807, 2.05) is 0 Å². The number of rotatable bonds is 48. The molecule has 596 valence electrons. The maximum absolute atomic E-state index is 14.9. The molecule has 0 spiro atoms. The molecule has 14 amide bonds. The van der Waals surface area contributed by atoms with Crippen LogP contribution in [0.15, 0.2) is 35.5 Å². The summed E-state index contributed by atoms with van der Waals surface area (Å²) >= 11 is 8.32. The van der Waals surface area contributed by atoms with Crippen LogP contribution in [0.3, 0.4) is 0 Å². The number of aromatic amines is 1. The summed E-state index contributed by atoms with van der Waals surface area (Å²) < 4.78 is 0. The van der Waals surface area contributed by atoms with Crippen molar-refractivity contribution in [1.82, 2.24) is 73.7 Å². The Morgan fingerprint density at radius 1 is 0.542 bits per heavy atom. The second-order valence-electron chi connectivity index (χ2n) is 26.9. The van der Waals surface area contributed by atoms with Crippen LogP contribution in [-0.2, 0) is 83.1 Å². The number of hydrogen-bond acceptors (Lipinski definition) is 21. The highest BCUT2D eigenvalue weighted by molar-refractivity contribution is 7.80. The Hall–Kier alpha value is -9.83. The highest BCUT2D eigenvalue weighted by Gasteiger charge is 2.39. The van der Waals surface area contributed by atoms with Gasteiger partial charge in [-0.05, 0) is 121 Å². The fraction of sp³-hybridized carbons (Fsp3) is 0.627. The third kappa shape index (κ3) is 32.0. The molecular formula is C67H108N20O18S2. The molecule has 2 heterocycles. The third-order valence-corrected chi connectivity index (χ3v) is 17.8. The minimum Gasteiger partial charge on any atom is -0.481 e. The molecule has 1 aliphatic heterocycles. The van der Waals surface area contributed by atoms with Crippen molar-refractivity contribution >= 4 is 137 Å². The molecule has 2 aromatic rings. The summed E-state index contributed by atoms with van der Waals surface area (Å²) in [6.07, 6.45) is 0.524. The van der Waals surface area contributed by atoms with Gasteiger partial charge >= 0.3 is 11.9 Å². The van der Waals surface area contributed by atoms with Crippen molar-refractivity contribution in [1.29, 1.82) is 0 Å². The minimum absolute atomic E-state index is 0.0221. The first-order valence-corrected chi connectivity index (χ1v) is 36.6. The van der Waals surface area contributed by atoms with Crippen LogP contribution >= 0.6 is 25.3 Å². The Kier molecular flexibility index (Phi) is 39.5. The molecular weight excluding hydrogens is 1440 g/mol. The Morgan fingerprint density at radius 2 is 1.01 bits per heavy atom. The number of para-hydroxylation sites is 1. The van der Waals surface area contributed by atoms with Gasteiger partial charge in [-0.25, -0.2) is 0 Å². The summed E-state index contributed by atoms with van der Waals surface area (Å²) in [5.41, 5.74) is 29.0. The summed E-state index contributed by atoms with van der Waals surface area (Å²) in [5.74, 6) is -16.2. The Balaban J connectivity index is 1.89. The SMILES string of the molecule is CC(C)C[C@H](NC(=O)[C@H](Cc1c[nH]c2ccccc12)NC(=O)[C@H](CCC(N)=O)NC(=O)[C@H](CC(C)C)NC(=O)[C@@H]1CCCN1C(=O)CNC(=O)[C@H](C)NC(=O)[C@H](CCCN=C(N)N)NC(=O)[C@@H](N)CS)C(=O)N[C@@H](CS)C(=O)N[C@@H](CCC(=O)O)C(=O)N[C@@H](CCCCN)C(=O)N[C@@H](C)C(=O)N[C@@H](C)C(=O)O. The highest BCUT2D eigenvalue weighted by atomic mass is 32.1. The average molecular weight is 1550 g/mol. The number of carboxylic acids is 2. The lowest BCUT2D eigenvalue weighted by molar-refractivity contribution is -0.142. The van der Waals surface area contributed by atoms with Gasteiger partial charge in [0, 0.05) is 61.0 Å². The number of thiol groups is 2. The number of hydrogen-bond donors (Lipinski definition) is 22. The largest absolute Gasteiger partial charge is 0.481 e. The summed E-state index contributed by atoms with van der Waals surface area (Å²) in [5, 5.41) is 49.8. The number of carbonyl (C=O) groups is 16. The number of nitrogens with zero attached hydrogens (tertiary/aromatic N) is 2. The maximum Gasteiger partial charge on any atom is 0.325 e. The van der Waals surface area contributed by atoms with E-state index in [0.717, 1.165) is 0 Å². The van der Waals surface area contributed by atoms with Crippen LogP contribution in [0.1, 0.15) is 138 Å². The van der Waals surface area contributed by atoms with Crippen molar-refractivity contribution in [2.24, 2.45) is 45.5 Å². The highest BCUT2D eigenvalue weighted by Crippen LogP contribution is 2.22. The Bertz CT molecular complexity index is 3470. The fourth-order valence-corrected chi connectivity index (χ4v) is 11.6. The summed E-state index contributed by atoms with van der Waals surface area (Å²) in [6.45, 7) is 10.5. The standard InChI is InChI=1S/C67H108N20O18S2/c1-33(2)26-46(62(100)86-49(32-107)64(102)82-45(20-22-53(90)91)59(97)80-42(16-10-11-23-68)57(95)77-36(6)55(93)78-37(7)66(104)105)83-63(101)48(28-38-29-74-41-15-9-8-14-39(38)41)84-60(98)44(19-21-51(70)88)81-61(99)47(27-34(3)4)85-65(103)50-18-13-25-87(50)52(89)30-75-54(92)35(5)76-58(96)43(17-12-24-73-67(71)72)79-56(94)40(69)31-106/h8-9,14-15,29,33-37,40,42-50,74,106-107H,10-13,16-28,30-32,68-69H2,1-7H3,(H2,70,88)(H,75,92)(H,76,96)(H,77,95)(H,78,93)(H,79,94)(H,80,97)(H,81,99)(H,82,102)(H,83,101)(H,84,98)(H,85,103)(H,86,100)(H,90,91)(H,104,105)(H4,71,72,73)/t35-,36-,37-,40-,42-,43-,44-,45-,46-,47-,48-,49-,50-/m0/s1. The van der Waals surface area contributed by atoms with Crippen molar-refractivity contribution < 1.29 is 86.9 Å². The molecule has 107 heavy (non-hydrogen) atoms. The van der Waals surface area contributed by atoms with E-state index in [-0.39, 0.29) is 94.5 Å². The smallest absolute Gasteiger partial charge is 0.325 e. The first-order valence-electron chi connectivity index (χ1n) is 35.3. The molecule has 1 saturated heterocycles. The van der Waals surface area contributed by atoms with E-state index < -0.39 is 211 Å². The molecule has 1 aromatic carbocycles. The van der Waals surface area contributed by atoms with Gasteiger partial charge in [0.1, 0.15) is 72.5 Å². The van der Waals surface area contributed by atoms with Crippen molar-refractivity contribution in [3.05, 3.63) is 36.0 Å². The van der Waals surface area contributed by atoms with Gasteiger partial charge in [-0.15, -0.1) is 0 Å². The van der Waals surface area contributed by atoms with E-state index in [0.29, 0.717) is 29.3 Å². The number of guanidine groups is 1. The summed E-state index contributed by atoms with van der Waals surface area (Å²) in [7, 11) is 0. The molecule has 3 rings (SSSR count). The molecule has 1 fully saturated rings. The van der Waals surface area contributed by atoms with E-state index in [2.05, 4.69) is 99.0 Å². The minimum atomic E-state index is -1.66. The number of fused-ring (bicyclic) bond motifs is 1. The molecule has 1 aliphatic rings. The van der Waals surface area contributed by atoms with E-state index >= 15 is 0 Å². The van der Waals surface area contributed by atoms with E-state index in [1.54, 1.807) is 58.2 Å². The van der Waals surface area contributed by atoms with Gasteiger partial charge in [-0.2, -0.15) is 25.3 Å². The normalized spacial score (nSPS) is 16.0. The first-order chi connectivity index (χ1) is 50.4. The lowest BCUT2D eigenvalue weighted by atomic mass is 9.99. The number of primary amides is 1. The van der Waals surface area contributed by atoms with E-state index in [4.69, 9.17) is 28.7 Å². The van der Waals surface area contributed by atoms with Gasteiger partial charge < -0.3 is 113 Å². The van der Waals surface area contributed by atoms with Gasteiger partial charge in [0.25, 0.3) is 0 Å². The van der Waals surface area contributed by atoms with Crippen LogP contribution in [0.2, 0.25) is 0 Å². The quantitative estimate of drug-likeness (QED) is 0.0128. The van der Waals surface area contributed by atoms with Crippen LogP contribution in [-0.4, -0.2) is 237 Å². The van der Waals surface area contributed by atoms with Gasteiger partial charge in [0.05, 0.1) is 12.6 Å². The number of amides is 14. The fourth-order valence-electron chi connectivity index (χ4n) is 11.1. The van der Waals surface area contributed by atoms with Crippen molar-refractivity contribution in [2.75, 3.05) is 37.7 Å². The maximum atomic E-state index is 14.9. The molecule has 13 atom stereocenters. The van der Waals surface area contributed by atoms with Gasteiger partial charge in [-0.1, -0.05) is 45.9 Å². The number of aliphatic carboxylic acids is 2. The zero-order valence-electron chi connectivity index (χ0n) is 61.3. The molecule has 0 unspecified atom stereocenters. The predicted octanol–water partition coefficient (Wildman–Crippen LogP) is -5.11. The van der Waals surface area contributed by atoms with E-state index in [9.17, 15) is 86.9 Å². The van der Waals surface area contributed by atoms with Crippen LogP contribution < -0.4 is 92.5 Å². The number of aliphatic imine (C=N–C) groups is 1. The zero-order chi connectivity index (χ0) is 80.4. The Labute approximate surface area is 630 Å². The zero-order valence-corrected chi connectivity index (χ0v) is 63.1. The van der Waals surface area contributed by atoms with Gasteiger partial charge in [-0.3, -0.25) is 81.7 Å². The van der Waals surface area contributed by atoms with Crippen molar-refractivity contribution in [2.45, 2.75) is 217 Å². The average Bonchev–Trinajstić information content (AvgIpc) is 1.73. The van der Waals surface area contributed by atoms with Gasteiger partial charge in [0.2, 0.25) is 82.7 Å². The lowest BCUT2D eigenvalue weighted by Gasteiger charge is -2.29. The molecule has 0 aliphatic carbocycles. The number of nitrogens with one attached hydrogen (secondary N) is 13. The number of carboxylic acid groups (broad SMARTS) is 2. The number of likely N-dealkylation sites (tertiary alicyclic amines) is 1. The number of aromatic nitrogens is 1. The van der Waals surface area contributed by atoms with Crippen LogP contribution in [0.25, 0.3) is 10.9 Å². The Morgan fingerprint density at radius 3 is 1.54 bits per heavy atom. The monoisotopic (exact) mass is 1540 g/mol. The van der Waals surface area contributed by atoms with Crippen molar-refractivity contribution in [3.63, 3.8) is 0 Å². The lowest BCUT2D eigenvalue weighted by Crippen LogP contribution is -2.61. The molecule has 0 radical (unpaired) electrons.